The Balaban J connectivity index is 1.72. The van der Waals surface area contributed by atoms with Crippen molar-refractivity contribution in [2.45, 2.75) is 51.3 Å². The zero-order valence-electron chi connectivity index (χ0n) is 15.7. The topological polar surface area (TPSA) is 78.9 Å². The molecule has 142 valence electrons. The van der Waals surface area contributed by atoms with Gasteiger partial charge in [0.05, 0.1) is 0 Å². The van der Waals surface area contributed by atoms with Gasteiger partial charge in [0.2, 0.25) is 0 Å². The van der Waals surface area contributed by atoms with Crippen LogP contribution < -0.4 is 5.32 Å². The maximum absolute atomic E-state index is 12.3. The third-order valence-corrected chi connectivity index (χ3v) is 5.41. The van der Waals surface area contributed by atoms with Gasteiger partial charge < -0.3 is 15.2 Å². The molecule has 1 amide bonds. The molecule has 0 spiro atoms. The lowest BCUT2D eigenvalue weighted by Crippen LogP contribution is -2.59. The molecule has 6 nitrogen and oxygen atoms in total. The fraction of sp³-hybridized carbons (Fsp3) is 0.600. The number of carbonyl (C=O) groups excluding carboxylic acids is 1. The third kappa shape index (κ3) is 3.85. The molecule has 0 bridgehead atoms. The van der Waals surface area contributed by atoms with Gasteiger partial charge in [0.25, 0.3) is 0 Å². The van der Waals surface area contributed by atoms with Crippen LogP contribution in [0.15, 0.2) is 30.3 Å². The first kappa shape index (κ1) is 18.7. The zero-order valence-corrected chi connectivity index (χ0v) is 15.7. The minimum absolute atomic E-state index is 0.101. The van der Waals surface area contributed by atoms with Crippen LogP contribution in [0.1, 0.15) is 39.2 Å². The van der Waals surface area contributed by atoms with E-state index in [9.17, 15) is 14.7 Å². The van der Waals surface area contributed by atoms with Gasteiger partial charge in [-0.2, -0.15) is 0 Å². The van der Waals surface area contributed by atoms with Crippen LogP contribution in [0, 0.1) is 11.8 Å². The van der Waals surface area contributed by atoms with Gasteiger partial charge in [-0.3, -0.25) is 4.90 Å². The molecule has 3 unspecified atom stereocenters. The van der Waals surface area contributed by atoms with E-state index in [-0.39, 0.29) is 11.8 Å². The van der Waals surface area contributed by atoms with E-state index in [4.69, 9.17) is 4.74 Å². The molecule has 3 atom stereocenters. The lowest BCUT2D eigenvalue weighted by atomic mass is 9.85. The molecule has 26 heavy (non-hydrogen) atoms. The summed E-state index contributed by atoms with van der Waals surface area (Å²) in [7, 11) is 0. The lowest BCUT2D eigenvalue weighted by molar-refractivity contribution is -0.146. The van der Waals surface area contributed by atoms with Gasteiger partial charge in [0, 0.05) is 25.6 Å². The highest BCUT2D eigenvalue weighted by atomic mass is 16.6. The summed E-state index contributed by atoms with van der Waals surface area (Å²) in [6.07, 6.45) is 0.607. The Bertz CT molecular complexity index is 670. The van der Waals surface area contributed by atoms with Crippen LogP contribution in [0.4, 0.5) is 4.79 Å². The number of likely N-dealkylation sites (tertiary alicyclic amines) is 1. The van der Waals surface area contributed by atoms with Crippen molar-refractivity contribution in [3.63, 3.8) is 0 Å². The highest BCUT2D eigenvalue weighted by molar-refractivity contribution is 5.85. The highest BCUT2D eigenvalue weighted by Crippen LogP contribution is 2.45. The van der Waals surface area contributed by atoms with Crippen molar-refractivity contribution in [3.8, 4) is 0 Å². The van der Waals surface area contributed by atoms with Crippen molar-refractivity contribution in [1.82, 2.24) is 10.2 Å². The summed E-state index contributed by atoms with van der Waals surface area (Å²) in [5.74, 6) is -0.779. The predicted octanol–water partition coefficient (Wildman–Crippen LogP) is 2.88. The third-order valence-electron chi connectivity index (χ3n) is 5.41. The van der Waals surface area contributed by atoms with Crippen LogP contribution in [0.2, 0.25) is 0 Å². The number of nitrogens with zero attached hydrogens (tertiary/aromatic N) is 1. The Kier molecular flexibility index (Phi) is 4.97. The highest BCUT2D eigenvalue weighted by Gasteiger charge is 2.58. The SMILES string of the molecule is CC(C)(C)OC(=O)NC1(C(=O)O)CCC2CN(Cc3ccccc3)CC21. The van der Waals surface area contributed by atoms with E-state index >= 15 is 0 Å². The summed E-state index contributed by atoms with van der Waals surface area (Å²) in [5.41, 5.74) is -0.677. The Hall–Kier alpha value is -2.08. The molecule has 6 heteroatoms. The average molecular weight is 360 g/mol. The second-order valence-corrected chi connectivity index (χ2v) is 8.49. The van der Waals surface area contributed by atoms with Crippen molar-refractivity contribution in [2.75, 3.05) is 13.1 Å². The maximum atomic E-state index is 12.3. The summed E-state index contributed by atoms with van der Waals surface area (Å²) >= 11 is 0. The summed E-state index contributed by atoms with van der Waals surface area (Å²) in [6, 6.07) is 10.2. The normalized spacial score (nSPS) is 28.6. The van der Waals surface area contributed by atoms with Gasteiger partial charge in [-0.25, -0.2) is 9.59 Å². The number of amides is 1. The molecule has 1 aliphatic carbocycles. The van der Waals surface area contributed by atoms with Crippen molar-refractivity contribution in [1.29, 1.82) is 0 Å². The first-order valence-corrected chi connectivity index (χ1v) is 9.20. The molecule has 2 fully saturated rings. The Labute approximate surface area is 154 Å². The van der Waals surface area contributed by atoms with E-state index in [1.165, 1.54) is 5.56 Å². The van der Waals surface area contributed by atoms with E-state index in [1.807, 2.05) is 18.2 Å². The second kappa shape index (κ2) is 6.91. The van der Waals surface area contributed by atoms with Crippen LogP contribution in [-0.2, 0) is 16.1 Å². The van der Waals surface area contributed by atoms with Gasteiger partial charge in [0.1, 0.15) is 11.1 Å². The predicted molar refractivity (Wildman–Crippen MR) is 97.7 cm³/mol. The smallest absolute Gasteiger partial charge is 0.408 e. The van der Waals surface area contributed by atoms with Crippen molar-refractivity contribution in [3.05, 3.63) is 35.9 Å². The van der Waals surface area contributed by atoms with Gasteiger partial charge in [-0.1, -0.05) is 30.3 Å². The van der Waals surface area contributed by atoms with Gasteiger partial charge >= 0.3 is 12.1 Å². The Morgan fingerprint density at radius 1 is 1.27 bits per heavy atom. The van der Waals surface area contributed by atoms with E-state index < -0.39 is 23.2 Å². The van der Waals surface area contributed by atoms with E-state index in [0.717, 1.165) is 19.5 Å². The molecular formula is C20H28N2O4. The molecule has 1 saturated carbocycles. The van der Waals surface area contributed by atoms with Gasteiger partial charge in [0.15, 0.2) is 0 Å². The summed E-state index contributed by atoms with van der Waals surface area (Å²) in [5, 5.41) is 12.7. The molecule has 0 radical (unpaired) electrons. The first-order chi connectivity index (χ1) is 12.2. The van der Waals surface area contributed by atoms with E-state index in [0.29, 0.717) is 13.0 Å². The van der Waals surface area contributed by atoms with Crippen molar-refractivity contribution in [2.24, 2.45) is 11.8 Å². The number of hydrogen-bond acceptors (Lipinski definition) is 4. The number of alkyl carbamates (subject to hydrolysis) is 1. The summed E-state index contributed by atoms with van der Waals surface area (Å²) < 4.78 is 5.32. The molecule has 1 aromatic rings. The Morgan fingerprint density at radius 2 is 1.96 bits per heavy atom. The number of carbonyl (C=O) groups is 2. The number of carboxylic acid groups (broad SMARTS) is 1. The second-order valence-electron chi connectivity index (χ2n) is 8.49. The fourth-order valence-corrected chi connectivity index (χ4v) is 4.34. The van der Waals surface area contributed by atoms with Crippen molar-refractivity contribution >= 4 is 12.1 Å². The first-order valence-electron chi connectivity index (χ1n) is 9.20. The quantitative estimate of drug-likeness (QED) is 0.863. The number of aliphatic carboxylic acids is 1. The standard InChI is InChI=1S/C20H28N2O4/c1-19(2,3)26-18(25)21-20(17(23)24)10-9-15-12-22(13-16(15)20)11-14-7-5-4-6-8-14/h4-8,15-16H,9-13H2,1-3H3,(H,21,25)(H,23,24). The van der Waals surface area contributed by atoms with Gasteiger partial charge in [-0.05, 0) is 45.1 Å². The molecule has 0 aromatic heterocycles. The van der Waals surface area contributed by atoms with E-state index in [2.05, 4.69) is 22.3 Å². The monoisotopic (exact) mass is 360 g/mol. The number of benzene rings is 1. The van der Waals surface area contributed by atoms with E-state index in [1.54, 1.807) is 20.8 Å². The number of nitrogens with one attached hydrogen (secondary N) is 1. The fourth-order valence-electron chi connectivity index (χ4n) is 4.34. The molecule has 1 heterocycles. The Morgan fingerprint density at radius 3 is 2.58 bits per heavy atom. The molecule has 3 rings (SSSR count). The van der Waals surface area contributed by atoms with Crippen LogP contribution in [-0.4, -0.2) is 46.3 Å². The molecule has 1 aliphatic heterocycles. The summed E-state index contributed by atoms with van der Waals surface area (Å²) in [6.45, 7) is 7.65. The number of fused-ring (bicyclic) bond motifs is 1. The minimum Gasteiger partial charge on any atom is -0.479 e. The van der Waals surface area contributed by atoms with Crippen LogP contribution in [0.3, 0.4) is 0 Å². The molecule has 2 N–H and O–H groups in total. The molecular weight excluding hydrogens is 332 g/mol. The number of carboxylic acids is 1. The molecule has 1 saturated heterocycles. The van der Waals surface area contributed by atoms with Crippen LogP contribution in [0.5, 0.6) is 0 Å². The molecule has 2 aliphatic rings. The zero-order chi connectivity index (χ0) is 18.9. The lowest BCUT2D eigenvalue weighted by Gasteiger charge is -2.33. The summed E-state index contributed by atoms with van der Waals surface area (Å²) in [4.78, 5) is 26.7. The van der Waals surface area contributed by atoms with Crippen LogP contribution >= 0.6 is 0 Å². The average Bonchev–Trinajstić information content (AvgIpc) is 3.07. The number of hydrogen-bond donors (Lipinski definition) is 2. The van der Waals surface area contributed by atoms with Crippen LogP contribution in [0.25, 0.3) is 0 Å². The van der Waals surface area contributed by atoms with Gasteiger partial charge in [-0.15, -0.1) is 0 Å². The number of ether oxygens (including phenoxy) is 1. The largest absolute Gasteiger partial charge is 0.479 e. The molecule has 1 aromatic carbocycles. The van der Waals surface area contributed by atoms with Crippen molar-refractivity contribution < 1.29 is 19.4 Å². The minimum atomic E-state index is -1.24. The maximum Gasteiger partial charge on any atom is 0.408 e. The number of rotatable bonds is 4.